The maximum Gasteiger partial charge on any atom is 0.274 e. The van der Waals surface area contributed by atoms with Crippen molar-refractivity contribution in [3.8, 4) is 0 Å². The molecule has 142 valence electrons. The quantitative estimate of drug-likeness (QED) is 0.743. The zero-order chi connectivity index (χ0) is 19.3. The van der Waals surface area contributed by atoms with Gasteiger partial charge >= 0.3 is 0 Å². The molecule has 3 heterocycles. The van der Waals surface area contributed by atoms with E-state index in [9.17, 15) is 9.18 Å². The SMILES string of the molecule is O=C(c1cnc(Nc2ccccc2F)cn1)N1CCN(c2ncccn2)CC1. The average Bonchev–Trinajstić information content (AvgIpc) is 2.76. The van der Waals surface area contributed by atoms with Crippen LogP contribution in [0.2, 0.25) is 0 Å². The maximum absolute atomic E-state index is 13.7. The topological polar surface area (TPSA) is 87.1 Å². The minimum atomic E-state index is -0.385. The summed E-state index contributed by atoms with van der Waals surface area (Å²) in [6.45, 7) is 2.40. The summed E-state index contributed by atoms with van der Waals surface area (Å²) in [4.78, 5) is 33.3. The van der Waals surface area contributed by atoms with E-state index in [0.717, 1.165) is 0 Å². The van der Waals surface area contributed by atoms with E-state index in [1.165, 1.54) is 18.5 Å². The predicted octanol–water partition coefficient (Wildman–Crippen LogP) is 2.11. The maximum atomic E-state index is 13.7. The van der Waals surface area contributed by atoms with Crippen molar-refractivity contribution in [1.82, 2.24) is 24.8 Å². The summed E-state index contributed by atoms with van der Waals surface area (Å²) >= 11 is 0. The highest BCUT2D eigenvalue weighted by atomic mass is 19.1. The lowest BCUT2D eigenvalue weighted by Gasteiger charge is -2.34. The van der Waals surface area contributed by atoms with Crippen molar-refractivity contribution in [2.45, 2.75) is 0 Å². The predicted molar refractivity (Wildman–Crippen MR) is 102 cm³/mol. The van der Waals surface area contributed by atoms with Crippen molar-refractivity contribution in [2.75, 3.05) is 36.4 Å². The van der Waals surface area contributed by atoms with Crippen molar-refractivity contribution in [3.63, 3.8) is 0 Å². The molecule has 0 aliphatic carbocycles. The van der Waals surface area contributed by atoms with Crippen LogP contribution in [-0.4, -0.2) is 56.9 Å². The summed E-state index contributed by atoms with van der Waals surface area (Å²) in [5.74, 6) is 0.467. The number of nitrogens with zero attached hydrogens (tertiary/aromatic N) is 6. The average molecular weight is 379 g/mol. The van der Waals surface area contributed by atoms with E-state index in [2.05, 4.69) is 25.3 Å². The first-order chi connectivity index (χ1) is 13.7. The van der Waals surface area contributed by atoms with E-state index >= 15 is 0 Å². The Labute approximate surface area is 161 Å². The van der Waals surface area contributed by atoms with E-state index in [4.69, 9.17) is 0 Å². The minimum Gasteiger partial charge on any atom is -0.337 e. The third-order valence-electron chi connectivity index (χ3n) is 4.41. The van der Waals surface area contributed by atoms with Gasteiger partial charge in [-0.3, -0.25) is 4.79 Å². The molecule has 0 atom stereocenters. The number of para-hydroxylation sites is 1. The standard InChI is InChI=1S/C19H18FN7O/c20-14-4-1-2-5-15(14)25-17-13-23-16(12-24-17)18(28)26-8-10-27(11-9-26)19-21-6-3-7-22-19/h1-7,12-13H,8-11H2,(H,24,25). The number of rotatable bonds is 4. The number of halogens is 1. The molecule has 1 aliphatic rings. The fraction of sp³-hybridized carbons (Fsp3) is 0.211. The molecular weight excluding hydrogens is 361 g/mol. The van der Waals surface area contributed by atoms with Crippen LogP contribution >= 0.6 is 0 Å². The van der Waals surface area contributed by atoms with Crippen LogP contribution in [0.3, 0.4) is 0 Å². The largest absolute Gasteiger partial charge is 0.337 e. The molecule has 4 rings (SSSR count). The number of aromatic nitrogens is 4. The summed E-state index contributed by atoms with van der Waals surface area (Å²) < 4.78 is 13.7. The number of carbonyl (C=O) groups is 1. The van der Waals surface area contributed by atoms with Gasteiger partial charge in [0.05, 0.1) is 18.1 Å². The van der Waals surface area contributed by atoms with Crippen LogP contribution < -0.4 is 10.2 Å². The summed E-state index contributed by atoms with van der Waals surface area (Å²) in [5.41, 5.74) is 0.554. The van der Waals surface area contributed by atoms with Gasteiger partial charge in [-0.05, 0) is 18.2 Å². The Morgan fingerprint density at radius 1 is 0.929 bits per heavy atom. The molecule has 1 amide bonds. The van der Waals surface area contributed by atoms with E-state index < -0.39 is 0 Å². The number of hydrogen-bond acceptors (Lipinski definition) is 7. The Kier molecular flexibility index (Phi) is 5.05. The monoisotopic (exact) mass is 379 g/mol. The zero-order valence-electron chi connectivity index (χ0n) is 15.0. The lowest BCUT2D eigenvalue weighted by atomic mass is 10.3. The summed E-state index contributed by atoms with van der Waals surface area (Å²) in [6, 6.07) is 8.06. The highest BCUT2D eigenvalue weighted by Crippen LogP contribution is 2.18. The van der Waals surface area contributed by atoms with Gasteiger partial charge in [-0.25, -0.2) is 24.3 Å². The Hall–Kier alpha value is -3.62. The molecule has 8 nitrogen and oxygen atoms in total. The number of anilines is 3. The molecular formula is C19H18FN7O. The number of nitrogens with one attached hydrogen (secondary N) is 1. The van der Waals surface area contributed by atoms with Crippen molar-refractivity contribution in [2.24, 2.45) is 0 Å². The van der Waals surface area contributed by atoms with Gasteiger partial charge in [-0.2, -0.15) is 0 Å². The summed E-state index contributed by atoms with van der Waals surface area (Å²) in [5, 5.41) is 2.85. The van der Waals surface area contributed by atoms with Gasteiger partial charge in [0, 0.05) is 38.6 Å². The molecule has 0 saturated carbocycles. The van der Waals surface area contributed by atoms with Crippen LogP contribution in [0.4, 0.5) is 21.8 Å². The van der Waals surface area contributed by atoms with Crippen LogP contribution in [0.25, 0.3) is 0 Å². The third kappa shape index (κ3) is 3.88. The number of piperazine rings is 1. The lowest BCUT2D eigenvalue weighted by molar-refractivity contribution is 0.0740. The lowest BCUT2D eigenvalue weighted by Crippen LogP contribution is -2.49. The van der Waals surface area contributed by atoms with Crippen LogP contribution in [-0.2, 0) is 0 Å². The first kappa shape index (κ1) is 17.8. The molecule has 1 saturated heterocycles. The van der Waals surface area contributed by atoms with E-state index in [1.807, 2.05) is 4.90 Å². The van der Waals surface area contributed by atoms with Crippen LogP contribution in [0.15, 0.2) is 55.1 Å². The first-order valence-electron chi connectivity index (χ1n) is 8.85. The van der Waals surface area contributed by atoms with Gasteiger partial charge in [0.1, 0.15) is 17.3 Å². The Balaban J connectivity index is 1.37. The van der Waals surface area contributed by atoms with E-state index in [-0.39, 0.29) is 17.4 Å². The van der Waals surface area contributed by atoms with Gasteiger partial charge in [-0.15, -0.1) is 0 Å². The summed E-state index contributed by atoms with van der Waals surface area (Å²) in [7, 11) is 0. The van der Waals surface area contributed by atoms with Gasteiger partial charge in [-0.1, -0.05) is 12.1 Å². The number of hydrogen-bond donors (Lipinski definition) is 1. The Bertz CT molecular complexity index is 944. The highest BCUT2D eigenvalue weighted by molar-refractivity contribution is 5.92. The Morgan fingerprint density at radius 3 is 2.36 bits per heavy atom. The fourth-order valence-corrected chi connectivity index (χ4v) is 2.93. The molecule has 0 spiro atoms. The smallest absolute Gasteiger partial charge is 0.274 e. The molecule has 1 aliphatic heterocycles. The fourth-order valence-electron chi connectivity index (χ4n) is 2.93. The number of amides is 1. The second-order valence-corrected chi connectivity index (χ2v) is 6.22. The number of benzene rings is 1. The van der Waals surface area contributed by atoms with Crippen molar-refractivity contribution < 1.29 is 9.18 Å². The van der Waals surface area contributed by atoms with Crippen molar-refractivity contribution in [3.05, 3.63) is 66.6 Å². The molecule has 0 bridgehead atoms. The van der Waals surface area contributed by atoms with Crippen LogP contribution in [0.5, 0.6) is 0 Å². The zero-order valence-corrected chi connectivity index (χ0v) is 15.0. The van der Waals surface area contributed by atoms with E-state index in [0.29, 0.717) is 43.6 Å². The molecule has 1 fully saturated rings. The van der Waals surface area contributed by atoms with Gasteiger partial charge < -0.3 is 15.1 Å². The molecule has 0 radical (unpaired) electrons. The van der Waals surface area contributed by atoms with E-state index in [1.54, 1.807) is 41.6 Å². The van der Waals surface area contributed by atoms with Crippen molar-refractivity contribution in [1.29, 1.82) is 0 Å². The van der Waals surface area contributed by atoms with Crippen LogP contribution in [0, 0.1) is 5.82 Å². The molecule has 1 N–H and O–H groups in total. The van der Waals surface area contributed by atoms with Gasteiger partial charge in [0.25, 0.3) is 5.91 Å². The van der Waals surface area contributed by atoms with Gasteiger partial charge in [0.15, 0.2) is 0 Å². The highest BCUT2D eigenvalue weighted by Gasteiger charge is 2.24. The molecule has 1 aromatic carbocycles. The van der Waals surface area contributed by atoms with Crippen molar-refractivity contribution >= 4 is 23.4 Å². The molecule has 2 aromatic heterocycles. The summed E-state index contributed by atoms with van der Waals surface area (Å²) in [6.07, 6.45) is 6.23. The molecule has 9 heteroatoms. The molecule has 28 heavy (non-hydrogen) atoms. The van der Waals surface area contributed by atoms with Gasteiger partial charge in [0.2, 0.25) is 5.95 Å². The second kappa shape index (κ2) is 7.95. The Morgan fingerprint density at radius 2 is 1.68 bits per heavy atom. The third-order valence-corrected chi connectivity index (χ3v) is 4.41. The normalized spacial score (nSPS) is 14.0. The number of carbonyl (C=O) groups excluding carboxylic acids is 1. The van der Waals surface area contributed by atoms with Crippen LogP contribution in [0.1, 0.15) is 10.5 Å². The first-order valence-corrected chi connectivity index (χ1v) is 8.85. The second-order valence-electron chi connectivity index (χ2n) is 6.22. The minimum absolute atomic E-state index is 0.182. The molecule has 3 aromatic rings. The molecule has 0 unspecified atom stereocenters.